The Morgan fingerprint density at radius 1 is 1.27 bits per heavy atom. The smallest absolute Gasteiger partial charge is 0.469 e. The maximum absolute atomic E-state index is 14.3. The number of amides is 2. The highest BCUT2D eigenvalue weighted by Crippen LogP contribution is 2.40. The highest BCUT2D eigenvalue weighted by atomic mass is 35.5. The van der Waals surface area contributed by atoms with E-state index in [0.717, 1.165) is 44.1 Å². The zero-order chi connectivity index (χ0) is 24.5. The Labute approximate surface area is 199 Å². The van der Waals surface area contributed by atoms with E-state index in [-0.39, 0.29) is 27.2 Å². The first-order valence-electron chi connectivity index (χ1n) is 9.84. The van der Waals surface area contributed by atoms with Crippen molar-refractivity contribution in [3.63, 3.8) is 0 Å². The minimum absolute atomic E-state index is 0.0454. The van der Waals surface area contributed by atoms with Gasteiger partial charge in [0.25, 0.3) is 5.88 Å². The van der Waals surface area contributed by atoms with Crippen LogP contribution in [0.25, 0.3) is 0 Å². The molecule has 0 aliphatic carbocycles. The Bertz CT molecular complexity index is 990. The molecule has 1 aromatic heterocycles. The fourth-order valence-corrected chi connectivity index (χ4v) is 3.41. The molecular weight excluding hydrogens is 482 g/mol. The number of nitrogens with zero attached hydrogens (tertiary/aromatic N) is 2. The number of urea groups is 1. The molecule has 1 heterocycles. The van der Waals surface area contributed by atoms with Crippen LogP contribution in [0.1, 0.15) is 24.0 Å². The van der Waals surface area contributed by atoms with E-state index in [9.17, 15) is 18.4 Å². The lowest BCUT2D eigenvalue weighted by Gasteiger charge is -2.11. The van der Waals surface area contributed by atoms with Crippen molar-refractivity contribution in [2.45, 2.75) is 26.4 Å². The molecule has 2 amide bonds. The van der Waals surface area contributed by atoms with E-state index in [0.29, 0.717) is 6.54 Å². The lowest BCUT2D eigenvalue weighted by molar-refractivity contribution is 0.119. The third-order valence-electron chi connectivity index (χ3n) is 4.31. The van der Waals surface area contributed by atoms with E-state index in [1.54, 1.807) is 0 Å². The number of nitrogens with one attached hydrogen (secondary N) is 2. The Kier molecular flexibility index (Phi) is 10.1. The van der Waals surface area contributed by atoms with Crippen molar-refractivity contribution in [2.75, 3.05) is 39.6 Å². The largest absolute Gasteiger partial charge is 0.513 e. The number of halogens is 3. The summed E-state index contributed by atoms with van der Waals surface area (Å²) >= 11 is 6.59. The Balaban J connectivity index is 2.10. The number of benzene rings is 1. The first kappa shape index (κ1) is 26.6. The van der Waals surface area contributed by atoms with Crippen molar-refractivity contribution >= 4 is 40.3 Å². The Hall–Kier alpha value is -2.70. The van der Waals surface area contributed by atoms with Crippen molar-refractivity contribution in [3.05, 3.63) is 33.9 Å². The molecule has 0 unspecified atom stereocenters. The van der Waals surface area contributed by atoms with Gasteiger partial charge in [-0.2, -0.15) is 0 Å². The molecule has 2 aromatic rings. The van der Waals surface area contributed by atoms with Gasteiger partial charge in [0.1, 0.15) is 12.4 Å². The number of unbranched alkanes of at least 4 members (excludes halogenated alkanes) is 1. The molecule has 0 saturated heterocycles. The van der Waals surface area contributed by atoms with E-state index in [1.165, 1.54) is 6.92 Å². The zero-order valence-corrected chi connectivity index (χ0v) is 20.2. The number of hydrogen-bond acceptors (Lipinski definition) is 8. The van der Waals surface area contributed by atoms with Gasteiger partial charge in [0, 0.05) is 6.54 Å². The summed E-state index contributed by atoms with van der Waals surface area (Å²) < 4.78 is 47.4. The molecule has 182 valence electrons. The molecule has 33 heavy (non-hydrogen) atoms. The molecule has 0 fully saturated rings. The van der Waals surface area contributed by atoms with E-state index >= 15 is 0 Å². The van der Waals surface area contributed by atoms with Crippen LogP contribution in [0.2, 0.25) is 5.02 Å². The standard InChI is InChI=1S/C20H25ClF2N4O5S/c1-11-9-13(22)12(15(23)14(11)21)10-31-17-16(32-20(29)30-4)18(33-26-17)25-19(28)24-7-5-6-8-27(2)3/h9H,5-8,10H2,1-4H3,(H2,24,25,28). The van der Waals surface area contributed by atoms with Gasteiger partial charge in [-0.1, -0.05) is 11.6 Å². The quantitative estimate of drug-likeness (QED) is 0.276. The number of methoxy groups -OCH3 is 1. The minimum Gasteiger partial charge on any atom is -0.469 e. The van der Waals surface area contributed by atoms with Gasteiger partial charge >= 0.3 is 12.2 Å². The van der Waals surface area contributed by atoms with Crippen molar-refractivity contribution in [2.24, 2.45) is 0 Å². The lowest BCUT2D eigenvalue weighted by atomic mass is 10.1. The SMILES string of the molecule is COC(=O)Oc1c(OCc2c(F)cc(C)c(Cl)c2F)nsc1NC(=O)NCCCCN(C)C. The predicted octanol–water partition coefficient (Wildman–Crippen LogP) is 4.57. The molecule has 0 saturated carbocycles. The molecule has 0 radical (unpaired) electrons. The van der Waals surface area contributed by atoms with Crippen LogP contribution in [0, 0.1) is 18.6 Å². The van der Waals surface area contributed by atoms with Crippen molar-refractivity contribution in [1.82, 2.24) is 14.6 Å². The zero-order valence-electron chi connectivity index (χ0n) is 18.6. The maximum Gasteiger partial charge on any atom is 0.513 e. The molecule has 9 nitrogen and oxygen atoms in total. The molecule has 0 bridgehead atoms. The maximum atomic E-state index is 14.3. The van der Waals surface area contributed by atoms with Gasteiger partial charge in [0.05, 0.1) is 17.7 Å². The van der Waals surface area contributed by atoms with Crippen LogP contribution in [0.3, 0.4) is 0 Å². The molecule has 1 aromatic carbocycles. The van der Waals surface area contributed by atoms with E-state index < -0.39 is 36.0 Å². The molecular formula is C20H25ClF2N4O5S. The summed E-state index contributed by atoms with van der Waals surface area (Å²) in [4.78, 5) is 25.9. The van der Waals surface area contributed by atoms with E-state index in [4.69, 9.17) is 21.1 Å². The molecule has 0 aliphatic rings. The Morgan fingerprint density at radius 2 is 2.00 bits per heavy atom. The van der Waals surface area contributed by atoms with Crippen LogP contribution < -0.4 is 20.1 Å². The third kappa shape index (κ3) is 7.69. The number of rotatable bonds is 10. The highest BCUT2D eigenvalue weighted by Gasteiger charge is 2.24. The van der Waals surface area contributed by atoms with E-state index in [2.05, 4.69) is 19.7 Å². The van der Waals surface area contributed by atoms with Gasteiger partial charge in [0.2, 0.25) is 5.75 Å². The fraction of sp³-hybridized carbons (Fsp3) is 0.450. The topological polar surface area (TPSA) is 102 Å². The van der Waals surface area contributed by atoms with Crippen molar-refractivity contribution in [3.8, 4) is 11.6 Å². The van der Waals surface area contributed by atoms with Crippen molar-refractivity contribution < 1.29 is 32.6 Å². The van der Waals surface area contributed by atoms with Crippen LogP contribution in [0.5, 0.6) is 11.6 Å². The highest BCUT2D eigenvalue weighted by molar-refractivity contribution is 7.11. The van der Waals surface area contributed by atoms with Crippen molar-refractivity contribution in [1.29, 1.82) is 0 Å². The van der Waals surface area contributed by atoms with Crippen LogP contribution >= 0.6 is 23.1 Å². The van der Waals surface area contributed by atoms with Gasteiger partial charge < -0.3 is 24.4 Å². The normalized spacial score (nSPS) is 10.8. The average Bonchev–Trinajstić information content (AvgIpc) is 3.12. The summed E-state index contributed by atoms with van der Waals surface area (Å²) in [7, 11) is 5.01. The van der Waals surface area contributed by atoms with E-state index in [1.807, 2.05) is 19.0 Å². The molecule has 2 N–H and O–H groups in total. The van der Waals surface area contributed by atoms with Gasteiger partial charge in [-0.25, -0.2) is 18.4 Å². The van der Waals surface area contributed by atoms with Crippen LogP contribution in [0.15, 0.2) is 6.07 Å². The number of aromatic nitrogens is 1. The van der Waals surface area contributed by atoms with Gasteiger partial charge in [-0.05, 0) is 63.6 Å². The Morgan fingerprint density at radius 3 is 2.67 bits per heavy atom. The number of ether oxygens (including phenoxy) is 3. The molecule has 2 rings (SSSR count). The molecule has 0 aliphatic heterocycles. The molecule has 13 heteroatoms. The summed E-state index contributed by atoms with van der Waals surface area (Å²) in [5, 5.41) is 5.00. The lowest BCUT2D eigenvalue weighted by Crippen LogP contribution is -2.29. The molecule has 0 spiro atoms. The minimum atomic E-state index is -1.09. The van der Waals surface area contributed by atoms with Crippen LogP contribution in [-0.2, 0) is 11.3 Å². The second-order valence-electron chi connectivity index (χ2n) is 7.16. The summed E-state index contributed by atoms with van der Waals surface area (Å²) in [6, 6.07) is 0.527. The number of aryl methyl sites for hydroxylation is 1. The number of carbonyl (C=O) groups excluding carboxylic acids is 2. The number of carbonyl (C=O) groups is 2. The summed E-state index contributed by atoms with van der Waals surface area (Å²) in [5.74, 6) is -2.34. The summed E-state index contributed by atoms with van der Waals surface area (Å²) in [6.07, 6.45) is 0.575. The predicted molar refractivity (Wildman–Crippen MR) is 120 cm³/mol. The summed E-state index contributed by atoms with van der Waals surface area (Å²) in [5.41, 5.74) is -0.189. The first-order chi connectivity index (χ1) is 15.6. The summed E-state index contributed by atoms with van der Waals surface area (Å²) in [6.45, 7) is 2.20. The number of hydrogen-bond donors (Lipinski definition) is 2. The van der Waals surface area contributed by atoms with Gasteiger partial charge in [-0.3, -0.25) is 5.32 Å². The van der Waals surface area contributed by atoms with Crippen LogP contribution in [0.4, 0.5) is 23.4 Å². The number of anilines is 1. The third-order valence-corrected chi connectivity index (χ3v) is 5.50. The van der Waals surface area contributed by atoms with Crippen LogP contribution in [-0.4, -0.2) is 55.8 Å². The second kappa shape index (κ2) is 12.5. The molecule has 0 atom stereocenters. The fourth-order valence-electron chi connectivity index (χ4n) is 2.58. The average molecular weight is 507 g/mol. The van der Waals surface area contributed by atoms with Gasteiger partial charge in [0.15, 0.2) is 10.8 Å². The monoisotopic (exact) mass is 506 g/mol. The second-order valence-corrected chi connectivity index (χ2v) is 8.32. The first-order valence-corrected chi connectivity index (χ1v) is 11.0. The van der Waals surface area contributed by atoms with Gasteiger partial charge in [-0.15, -0.1) is 4.37 Å².